The van der Waals surface area contributed by atoms with Crippen LogP contribution in [-0.2, 0) is 4.79 Å². The molecular weight excluding hydrogens is 396 g/mol. The minimum Gasteiger partial charge on any atom is -0.351 e. The molecule has 2 aromatic heterocycles. The molecule has 0 saturated heterocycles. The van der Waals surface area contributed by atoms with Crippen molar-refractivity contribution >= 4 is 45.3 Å². The van der Waals surface area contributed by atoms with E-state index in [0.29, 0.717) is 15.4 Å². The van der Waals surface area contributed by atoms with Crippen molar-refractivity contribution in [2.75, 3.05) is 0 Å². The van der Waals surface area contributed by atoms with Crippen molar-refractivity contribution in [2.24, 2.45) is 11.7 Å². The van der Waals surface area contributed by atoms with E-state index in [1.165, 1.54) is 23.1 Å². The highest BCUT2D eigenvalue weighted by Gasteiger charge is 2.30. The summed E-state index contributed by atoms with van der Waals surface area (Å²) in [4.78, 5) is 43.6. The van der Waals surface area contributed by atoms with Gasteiger partial charge in [0.15, 0.2) is 5.16 Å². The first kappa shape index (κ1) is 20.9. The lowest BCUT2D eigenvalue weighted by Gasteiger charge is -2.23. The molecule has 1 aliphatic rings. The number of hydrogen-bond donors (Lipinski definition) is 2. The first-order chi connectivity index (χ1) is 13.2. The fourth-order valence-corrected chi connectivity index (χ4v) is 5.89. The summed E-state index contributed by atoms with van der Waals surface area (Å²) in [5.74, 6) is -0.529. The highest BCUT2D eigenvalue weighted by atomic mass is 32.2. The van der Waals surface area contributed by atoms with Gasteiger partial charge in [0.2, 0.25) is 5.91 Å². The van der Waals surface area contributed by atoms with Crippen LogP contribution in [0.2, 0.25) is 0 Å². The number of fused-ring (bicyclic) bond motifs is 1. The average molecular weight is 423 g/mol. The Kier molecular flexibility index (Phi) is 6.14. The fourth-order valence-electron chi connectivity index (χ4n) is 3.65. The number of rotatable bonds is 5. The van der Waals surface area contributed by atoms with Gasteiger partial charge in [0.1, 0.15) is 4.83 Å². The molecule has 0 aromatic carbocycles. The van der Waals surface area contributed by atoms with Gasteiger partial charge in [0.25, 0.3) is 5.56 Å². The van der Waals surface area contributed by atoms with E-state index in [4.69, 9.17) is 10.7 Å². The summed E-state index contributed by atoms with van der Waals surface area (Å²) in [5.41, 5.74) is 6.07. The zero-order chi connectivity index (χ0) is 20.6. The van der Waals surface area contributed by atoms with Crippen molar-refractivity contribution in [3.05, 3.63) is 20.8 Å². The molecule has 2 aromatic rings. The predicted octanol–water partition coefficient (Wildman–Crippen LogP) is 3.50. The van der Waals surface area contributed by atoms with E-state index in [9.17, 15) is 14.4 Å². The van der Waals surface area contributed by atoms with E-state index in [-0.39, 0.29) is 17.5 Å². The molecule has 1 atom stereocenters. The zero-order valence-electron chi connectivity index (χ0n) is 16.6. The second-order valence-corrected chi connectivity index (χ2v) is 9.92. The summed E-state index contributed by atoms with van der Waals surface area (Å²) in [6.45, 7) is 7.74. The van der Waals surface area contributed by atoms with E-state index < -0.39 is 17.2 Å². The van der Waals surface area contributed by atoms with Crippen molar-refractivity contribution in [3.8, 4) is 0 Å². The minimum absolute atomic E-state index is 0.0286. The van der Waals surface area contributed by atoms with Crippen LogP contribution in [0.15, 0.2) is 9.95 Å². The molecule has 28 heavy (non-hydrogen) atoms. The molecule has 1 saturated carbocycles. The van der Waals surface area contributed by atoms with E-state index in [0.717, 1.165) is 36.1 Å². The zero-order valence-corrected chi connectivity index (χ0v) is 18.2. The van der Waals surface area contributed by atoms with Crippen LogP contribution < -0.4 is 16.6 Å². The Morgan fingerprint density at radius 2 is 1.93 bits per heavy atom. The van der Waals surface area contributed by atoms with Crippen LogP contribution in [-0.4, -0.2) is 26.7 Å². The molecule has 0 bridgehead atoms. The maximum Gasteiger partial charge on any atom is 0.318 e. The van der Waals surface area contributed by atoms with Crippen LogP contribution in [0.3, 0.4) is 0 Å². The number of nitrogens with one attached hydrogen (secondary N) is 1. The summed E-state index contributed by atoms with van der Waals surface area (Å²) in [6, 6.07) is -0.782. The Balaban J connectivity index is 2.12. The molecule has 1 unspecified atom stereocenters. The number of aromatic nitrogens is 2. The maximum absolute atomic E-state index is 13.4. The lowest BCUT2D eigenvalue weighted by molar-refractivity contribution is -0.120. The number of imide groups is 1. The molecule has 7 nitrogen and oxygen atoms in total. The van der Waals surface area contributed by atoms with Gasteiger partial charge in [0.05, 0.1) is 10.6 Å². The van der Waals surface area contributed by atoms with Gasteiger partial charge in [-0.05, 0) is 38.2 Å². The van der Waals surface area contributed by atoms with Crippen molar-refractivity contribution < 1.29 is 9.59 Å². The number of carbonyl (C=O) groups is 2. The number of hydrogen-bond acceptors (Lipinski definition) is 6. The smallest absolute Gasteiger partial charge is 0.318 e. The maximum atomic E-state index is 13.4. The van der Waals surface area contributed by atoms with Crippen LogP contribution in [0.25, 0.3) is 10.2 Å². The molecule has 0 aliphatic heterocycles. The third-order valence-electron chi connectivity index (χ3n) is 5.24. The number of urea groups is 1. The topological polar surface area (TPSA) is 107 Å². The predicted molar refractivity (Wildman–Crippen MR) is 113 cm³/mol. The molecule has 152 valence electrons. The van der Waals surface area contributed by atoms with Gasteiger partial charge in [0, 0.05) is 10.9 Å². The van der Waals surface area contributed by atoms with Crippen molar-refractivity contribution in [1.29, 1.82) is 0 Å². The molecule has 1 aliphatic carbocycles. The van der Waals surface area contributed by atoms with E-state index in [1.807, 2.05) is 27.7 Å². The van der Waals surface area contributed by atoms with E-state index in [1.54, 1.807) is 4.57 Å². The van der Waals surface area contributed by atoms with Gasteiger partial charge < -0.3 is 5.73 Å². The number of carbonyl (C=O) groups excluding carboxylic acids is 2. The molecule has 0 radical (unpaired) electrons. The molecule has 3 rings (SSSR count). The van der Waals surface area contributed by atoms with Crippen molar-refractivity contribution in [1.82, 2.24) is 14.9 Å². The van der Waals surface area contributed by atoms with Gasteiger partial charge in [-0.15, -0.1) is 11.3 Å². The summed E-state index contributed by atoms with van der Waals surface area (Å²) in [6.07, 6.45) is 4.03. The third-order valence-corrected chi connectivity index (χ3v) is 7.85. The Labute approximate surface area is 172 Å². The standard InChI is InChI=1S/C19H26N4O3S2/c1-9(2)14(15(24)21-18(20)26)28-19-22-16-13(10(3)11(4)27-16)17(25)23(19)12-7-5-6-8-12/h9,12,14H,5-8H2,1-4H3,(H3,20,21,24,26). The lowest BCUT2D eigenvalue weighted by Crippen LogP contribution is -2.42. The van der Waals surface area contributed by atoms with E-state index >= 15 is 0 Å². The molecular formula is C19H26N4O3S2. The Hall–Kier alpha value is -1.87. The van der Waals surface area contributed by atoms with Crippen LogP contribution >= 0.6 is 23.1 Å². The number of thioether (sulfide) groups is 1. The summed E-state index contributed by atoms with van der Waals surface area (Å²) >= 11 is 2.74. The third kappa shape index (κ3) is 3.96. The Morgan fingerprint density at radius 3 is 2.50 bits per heavy atom. The average Bonchev–Trinajstić information content (AvgIpc) is 3.20. The van der Waals surface area contributed by atoms with Gasteiger partial charge in [-0.25, -0.2) is 9.78 Å². The molecule has 2 heterocycles. The molecule has 9 heteroatoms. The largest absolute Gasteiger partial charge is 0.351 e. The van der Waals surface area contributed by atoms with Gasteiger partial charge in [-0.3, -0.25) is 19.5 Å². The highest BCUT2D eigenvalue weighted by Crippen LogP contribution is 2.36. The number of amides is 3. The molecule has 1 fully saturated rings. The first-order valence-electron chi connectivity index (χ1n) is 9.49. The van der Waals surface area contributed by atoms with Crippen LogP contribution in [0.1, 0.15) is 56.0 Å². The van der Waals surface area contributed by atoms with Crippen LogP contribution in [0.4, 0.5) is 4.79 Å². The Morgan fingerprint density at radius 1 is 1.29 bits per heavy atom. The number of nitrogens with zero attached hydrogens (tertiary/aromatic N) is 2. The highest BCUT2D eigenvalue weighted by molar-refractivity contribution is 8.00. The number of thiophene rings is 1. The second-order valence-electron chi connectivity index (χ2n) is 7.61. The normalized spacial score (nSPS) is 16.0. The molecule has 0 spiro atoms. The van der Waals surface area contributed by atoms with Gasteiger partial charge in [-0.1, -0.05) is 38.5 Å². The number of nitrogens with two attached hydrogens (primary N) is 1. The lowest BCUT2D eigenvalue weighted by atomic mass is 10.1. The SMILES string of the molecule is Cc1sc2nc(SC(C(=O)NC(N)=O)C(C)C)n(C3CCCC3)c(=O)c2c1C. The molecule has 3 N–H and O–H groups in total. The summed E-state index contributed by atoms with van der Waals surface area (Å²) in [7, 11) is 0. The van der Waals surface area contributed by atoms with Gasteiger partial charge >= 0.3 is 6.03 Å². The second kappa shape index (κ2) is 8.24. The van der Waals surface area contributed by atoms with Crippen molar-refractivity contribution in [3.63, 3.8) is 0 Å². The minimum atomic E-state index is -0.877. The summed E-state index contributed by atoms with van der Waals surface area (Å²) in [5, 5.41) is 2.82. The quantitative estimate of drug-likeness (QED) is 0.566. The first-order valence-corrected chi connectivity index (χ1v) is 11.2. The number of primary amides is 1. The number of aryl methyl sites for hydroxylation is 2. The molecule has 3 amide bonds. The summed E-state index contributed by atoms with van der Waals surface area (Å²) < 4.78 is 1.78. The fraction of sp³-hybridized carbons (Fsp3) is 0.579. The van der Waals surface area contributed by atoms with Crippen LogP contribution in [0.5, 0.6) is 0 Å². The van der Waals surface area contributed by atoms with Crippen LogP contribution in [0, 0.1) is 19.8 Å². The Bertz CT molecular complexity index is 974. The van der Waals surface area contributed by atoms with Crippen molar-refractivity contribution in [2.45, 2.75) is 69.8 Å². The van der Waals surface area contributed by atoms with E-state index in [2.05, 4.69) is 5.32 Å². The monoisotopic (exact) mass is 422 g/mol. The van der Waals surface area contributed by atoms with Gasteiger partial charge in [-0.2, -0.15) is 0 Å².